The van der Waals surface area contributed by atoms with E-state index in [4.69, 9.17) is 5.73 Å². The van der Waals surface area contributed by atoms with Crippen molar-refractivity contribution < 1.29 is 0 Å². The smallest absolute Gasteiger partial charge is 0.154 e. The summed E-state index contributed by atoms with van der Waals surface area (Å²) in [5, 5.41) is 0.789. The Morgan fingerprint density at radius 3 is 3.18 bits per heavy atom. The molecule has 0 aromatic carbocycles. The lowest BCUT2D eigenvalue weighted by atomic mass is 10.1. The van der Waals surface area contributed by atoms with Gasteiger partial charge >= 0.3 is 0 Å². The minimum absolute atomic E-state index is 0.524. The lowest BCUT2D eigenvalue weighted by molar-refractivity contribution is 0.566. The van der Waals surface area contributed by atoms with Crippen molar-refractivity contribution in [1.29, 1.82) is 0 Å². The van der Waals surface area contributed by atoms with Gasteiger partial charge in [-0.15, -0.1) is 0 Å². The zero-order valence-electron chi connectivity index (χ0n) is 7.05. The largest absolute Gasteiger partial charge is 0.379 e. The molecule has 0 amide bonds. The zero-order chi connectivity index (χ0) is 8.10. The molecule has 3 heteroatoms. The lowest BCUT2D eigenvalue weighted by Crippen LogP contribution is -2.20. The first-order valence-corrected chi connectivity index (χ1v) is 5.27. The van der Waals surface area contributed by atoms with Gasteiger partial charge in [-0.3, -0.25) is 4.99 Å². The van der Waals surface area contributed by atoms with Crippen LogP contribution in [0, 0.1) is 0 Å². The Morgan fingerprint density at radius 2 is 2.55 bits per heavy atom. The molecule has 0 aromatic rings. The number of thioether (sulfide) groups is 1. The Balaban J connectivity index is 2.28. The van der Waals surface area contributed by atoms with Crippen molar-refractivity contribution in [2.75, 3.05) is 5.75 Å². The van der Waals surface area contributed by atoms with Crippen molar-refractivity contribution in [1.82, 2.24) is 0 Å². The average Bonchev–Trinajstić information content (AvgIpc) is 2.01. The minimum Gasteiger partial charge on any atom is -0.379 e. The fourth-order valence-electron chi connectivity index (χ4n) is 1.23. The van der Waals surface area contributed by atoms with Gasteiger partial charge in [-0.05, 0) is 12.8 Å². The van der Waals surface area contributed by atoms with Crippen LogP contribution in [-0.4, -0.2) is 17.0 Å². The molecule has 1 rings (SSSR count). The van der Waals surface area contributed by atoms with Crippen molar-refractivity contribution in [2.45, 2.75) is 38.6 Å². The summed E-state index contributed by atoms with van der Waals surface area (Å²) in [4.78, 5) is 4.38. The molecule has 2 N–H and O–H groups in total. The third-order valence-electron chi connectivity index (χ3n) is 1.90. The van der Waals surface area contributed by atoms with Crippen molar-refractivity contribution in [3.8, 4) is 0 Å². The highest BCUT2D eigenvalue weighted by Gasteiger charge is 2.12. The lowest BCUT2D eigenvalue weighted by Gasteiger charge is -2.17. The van der Waals surface area contributed by atoms with Gasteiger partial charge in [0.15, 0.2) is 5.17 Å². The van der Waals surface area contributed by atoms with E-state index in [9.17, 15) is 0 Å². The minimum atomic E-state index is 0.524. The fourth-order valence-corrected chi connectivity index (χ4v) is 2.05. The Morgan fingerprint density at radius 1 is 1.73 bits per heavy atom. The van der Waals surface area contributed by atoms with Gasteiger partial charge in [0.1, 0.15) is 0 Å². The second kappa shape index (κ2) is 4.65. The molecule has 0 radical (unpaired) electrons. The van der Waals surface area contributed by atoms with Gasteiger partial charge in [0, 0.05) is 5.75 Å². The number of hydrogen-bond acceptors (Lipinski definition) is 3. The molecular weight excluding hydrogens is 156 g/mol. The summed E-state index contributed by atoms with van der Waals surface area (Å²) in [6.45, 7) is 2.21. The standard InChI is InChI=1S/C8H16N2S/c1-2-3-4-7-5-6-11-8(9)10-7/h7H,2-6H2,1H3,(H2,9,10)/t7-/m0/s1. The normalized spacial score (nSPS) is 24.8. The molecule has 0 saturated heterocycles. The van der Waals surface area contributed by atoms with Crippen LogP contribution in [0.2, 0.25) is 0 Å². The first-order valence-electron chi connectivity index (χ1n) is 4.29. The first-order chi connectivity index (χ1) is 5.33. The van der Waals surface area contributed by atoms with E-state index in [0.29, 0.717) is 6.04 Å². The summed E-state index contributed by atoms with van der Waals surface area (Å²) in [6.07, 6.45) is 4.98. The summed E-state index contributed by atoms with van der Waals surface area (Å²) >= 11 is 1.68. The molecule has 11 heavy (non-hydrogen) atoms. The van der Waals surface area contributed by atoms with Gasteiger partial charge in [0.05, 0.1) is 6.04 Å². The maximum Gasteiger partial charge on any atom is 0.154 e. The van der Waals surface area contributed by atoms with Gasteiger partial charge in [-0.25, -0.2) is 0 Å². The third-order valence-corrected chi connectivity index (χ3v) is 2.74. The number of nitrogens with zero attached hydrogens (tertiary/aromatic N) is 1. The molecule has 0 fully saturated rings. The topological polar surface area (TPSA) is 38.4 Å². The van der Waals surface area contributed by atoms with E-state index in [0.717, 1.165) is 10.9 Å². The van der Waals surface area contributed by atoms with Gasteiger partial charge in [0.25, 0.3) is 0 Å². The summed E-state index contributed by atoms with van der Waals surface area (Å²) in [6, 6.07) is 0.524. The molecule has 1 atom stereocenters. The van der Waals surface area contributed by atoms with Crippen molar-refractivity contribution >= 4 is 16.9 Å². The quantitative estimate of drug-likeness (QED) is 0.707. The van der Waals surface area contributed by atoms with Crippen LogP contribution >= 0.6 is 11.8 Å². The van der Waals surface area contributed by atoms with Crippen LogP contribution in [0.1, 0.15) is 32.6 Å². The second-order valence-electron chi connectivity index (χ2n) is 2.90. The molecule has 0 bridgehead atoms. The van der Waals surface area contributed by atoms with Crippen LogP contribution in [0.15, 0.2) is 4.99 Å². The zero-order valence-corrected chi connectivity index (χ0v) is 7.86. The molecular formula is C8H16N2S. The number of amidine groups is 1. The summed E-state index contributed by atoms with van der Waals surface area (Å²) in [5.41, 5.74) is 5.61. The van der Waals surface area contributed by atoms with E-state index < -0.39 is 0 Å². The number of rotatable bonds is 3. The van der Waals surface area contributed by atoms with E-state index in [2.05, 4.69) is 11.9 Å². The van der Waals surface area contributed by atoms with Crippen molar-refractivity contribution in [3.63, 3.8) is 0 Å². The summed E-state index contributed by atoms with van der Waals surface area (Å²) in [7, 11) is 0. The summed E-state index contributed by atoms with van der Waals surface area (Å²) in [5.74, 6) is 1.16. The van der Waals surface area contributed by atoms with Gasteiger partial charge in [0.2, 0.25) is 0 Å². The van der Waals surface area contributed by atoms with E-state index >= 15 is 0 Å². The number of nitrogens with two attached hydrogens (primary N) is 1. The molecule has 0 aromatic heterocycles. The van der Waals surface area contributed by atoms with Crippen LogP contribution in [-0.2, 0) is 0 Å². The number of hydrogen-bond donors (Lipinski definition) is 1. The molecule has 0 unspecified atom stereocenters. The fraction of sp³-hybridized carbons (Fsp3) is 0.875. The van der Waals surface area contributed by atoms with Crippen molar-refractivity contribution in [3.05, 3.63) is 0 Å². The Hall–Kier alpha value is -0.180. The Labute approximate surface area is 72.6 Å². The SMILES string of the molecule is CCCC[C@H]1CCSC(N)=N1. The van der Waals surface area contributed by atoms with Crippen LogP contribution in [0.3, 0.4) is 0 Å². The van der Waals surface area contributed by atoms with Gasteiger partial charge in [-0.2, -0.15) is 0 Å². The predicted molar refractivity (Wildman–Crippen MR) is 52.0 cm³/mol. The number of aliphatic imine (C=N–C) groups is 1. The number of unbranched alkanes of at least 4 members (excludes halogenated alkanes) is 1. The van der Waals surface area contributed by atoms with Gasteiger partial charge in [-0.1, -0.05) is 31.5 Å². The highest BCUT2D eigenvalue weighted by molar-refractivity contribution is 8.13. The molecule has 1 heterocycles. The summed E-state index contributed by atoms with van der Waals surface area (Å²) < 4.78 is 0. The van der Waals surface area contributed by atoms with Crippen molar-refractivity contribution in [2.24, 2.45) is 10.7 Å². The van der Waals surface area contributed by atoms with E-state index in [1.165, 1.54) is 25.7 Å². The molecule has 1 aliphatic heterocycles. The molecule has 1 aliphatic rings. The van der Waals surface area contributed by atoms with E-state index in [1.807, 2.05) is 0 Å². The molecule has 0 spiro atoms. The Kier molecular flexibility index (Phi) is 3.77. The van der Waals surface area contributed by atoms with E-state index in [1.54, 1.807) is 11.8 Å². The second-order valence-corrected chi connectivity index (χ2v) is 4.02. The predicted octanol–water partition coefficient (Wildman–Crippen LogP) is 2.00. The Bertz CT molecular complexity index is 145. The molecule has 0 aliphatic carbocycles. The van der Waals surface area contributed by atoms with Crippen LogP contribution in [0.5, 0.6) is 0 Å². The van der Waals surface area contributed by atoms with Crippen LogP contribution < -0.4 is 5.73 Å². The first kappa shape index (κ1) is 8.91. The van der Waals surface area contributed by atoms with E-state index in [-0.39, 0.29) is 0 Å². The molecule has 64 valence electrons. The van der Waals surface area contributed by atoms with Gasteiger partial charge < -0.3 is 5.73 Å². The average molecular weight is 172 g/mol. The monoisotopic (exact) mass is 172 g/mol. The highest BCUT2D eigenvalue weighted by atomic mass is 32.2. The van der Waals surface area contributed by atoms with Crippen LogP contribution in [0.4, 0.5) is 0 Å². The maximum atomic E-state index is 5.61. The third kappa shape index (κ3) is 3.14. The molecule has 0 saturated carbocycles. The highest BCUT2D eigenvalue weighted by Crippen LogP contribution is 2.18. The van der Waals surface area contributed by atoms with Crippen LogP contribution in [0.25, 0.3) is 0 Å². The maximum absolute atomic E-state index is 5.61. The molecule has 2 nitrogen and oxygen atoms in total.